The predicted octanol–water partition coefficient (Wildman–Crippen LogP) is 2.18. The van der Waals surface area contributed by atoms with Crippen molar-refractivity contribution >= 4 is 11.6 Å². The Morgan fingerprint density at radius 3 is 2.74 bits per heavy atom. The van der Waals surface area contributed by atoms with Crippen molar-refractivity contribution in [3.63, 3.8) is 0 Å². The molecule has 0 saturated heterocycles. The molecule has 0 aliphatic rings. The molecule has 94 valence electrons. The average molecular weight is 253 g/mol. The van der Waals surface area contributed by atoms with Crippen LogP contribution >= 0.6 is 0 Å². The Kier molecular flexibility index (Phi) is 2.72. The van der Waals surface area contributed by atoms with Gasteiger partial charge < -0.3 is 4.74 Å². The van der Waals surface area contributed by atoms with E-state index in [9.17, 15) is 4.79 Å². The van der Waals surface area contributed by atoms with Gasteiger partial charge in [-0.05, 0) is 23.8 Å². The van der Waals surface area contributed by atoms with E-state index in [1.165, 1.54) is 7.11 Å². The van der Waals surface area contributed by atoms with Crippen LogP contribution in [-0.4, -0.2) is 27.7 Å². The zero-order valence-electron chi connectivity index (χ0n) is 10.3. The molecule has 19 heavy (non-hydrogen) atoms. The van der Waals surface area contributed by atoms with Crippen LogP contribution in [0, 0.1) is 0 Å². The lowest BCUT2D eigenvalue weighted by Crippen LogP contribution is -2.00. The lowest BCUT2D eigenvalue weighted by atomic mass is 10.1. The summed E-state index contributed by atoms with van der Waals surface area (Å²) in [7, 11) is 1.37. The van der Waals surface area contributed by atoms with E-state index in [0.29, 0.717) is 5.56 Å². The maximum atomic E-state index is 11.4. The minimum atomic E-state index is -0.339. The molecule has 2 aromatic heterocycles. The molecule has 5 nitrogen and oxygen atoms in total. The lowest BCUT2D eigenvalue weighted by Gasteiger charge is -2.03. The van der Waals surface area contributed by atoms with Gasteiger partial charge in [0.2, 0.25) is 0 Å². The summed E-state index contributed by atoms with van der Waals surface area (Å²) in [4.78, 5) is 15.5. The van der Waals surface area contributed by atoms with Crippen LogP contribution in [0.5, 0.6) is 0 Å². The summed E-state index contributed by atoms with van der Waals surface area (Å²) in [6, 6.07) is 9.14. The standard InChI is InChI=1S/C14H11N3O2/c1-19-14(18)11-4-2-10(3-5-11)12-8-13-15-6-7-17(13)16-9-12/h2-9H,1H3. The van der Waals surface area contributed by atoms with Crippen molar-refractivity contribution in [3.05, 3.63) is 54.5 Å². The first kappa shape index (κ1) is 11.4. The van der Waals surface area contributed by atoms with Crippen LogP contribution < -0.4 is 0 Å². The van der Waals surface area contributed by atoms with Gasteiger partial charge in [-0.1, -0.05) is 12.1 Å². The molecule has 0 bridgehead atoms. The molecule has 3 aromatic rings. The van der Waals surface area contributed by atoms with Gasteiger partial charge in [0.15, 0.2) is 5.65 Å². The van der Waals surface area contributed by atoms with Crippen molar-refractivity contribution in [1.82, 2.24) is 14.6 Å². The van der Waals surface area contributed by atoms with Gasteiger partial charge in [-0.3, -0.25) is 0 Å². The first-order valence-electron chi connectivity index (χ1n) is 5.76. The maximum Gasteiger partial charge on any atom is 0.337 e. The third kappa shape index (κ3) is 2.06. The Balaban J connectivity index is 1.99. The molecule has 0 aliphatic carbocycles. The van der Waals surface area contributed by atoms with E-state index in [-0.39, 0.29) is 5.97 Å². The molecule has 5 heteroatoms. The molecular formula is C14H11N3O2. The number of hydrogen-bond donors (Lipinski definition) is 0. The molecule has 2 heterocycles. The smallest absolute Gasteiger partial charge is 0.337 e. The van der Waals surface area contributed by atoms with Crippen LogP contribution in [0.4, 0.5) is 0 Å². The highest BCUT2D eigenvalue weighted by Crippen LogP contribution is 2.20. The van der Waals surface area contributed by atoms with Gasteiger partial charge in [0, 0.05) is 18.0 Å². The second-order valence-corrected chi connectivity index (χ2v) is 4.04. The molecule has 0 saturated carbocycles. The van der Waals surface area contributed by atoms with Gasteiger partial charge in [0.25, 0.3) is 0 Å². The van der Waals surface area contributed by atoms with Crippen LogP contribution in [0.3, 0.4) is 0 Å². The number of rotatable bonds is 2. The van der Waals surface area contributed by atoms with E-state index < -0.39 is 0 Å². The predicted molar refractivity (Wildman–Crippen MR) is 69.8 cm³/mol. The number of carbonyl (C=O) groups excluding carboxylic acids is 1. The SMILES string of the molecule is COC(=O)c1ccc(-c2cnn3ccnc3c2)cc1. The quantitative estimate of drug-likeness (QED) is 0.657. The van der Waals surface area contributed by atoms with Crippen LogP contribution in [-0.2, 0) is 4.74 Å². The molecule has 1 aromatic carbocycles. The Morgan fingerprint density at radius 2 is 2.00 bits per heavy atom. The Labute approximate surface area is 109 Å². The highest BCUT2D eigenvalue weighted by molar-refractivity contribution is 5.90. The summed E-state index contributed by atoms with van der Waals surface area (Å²) < 4.78 is 6.37. The summed E-state index contributed by atoms with van der Waals surface area (Å²) in [6.45, 7) is 0. The number of nitrogens with zero attached hydrogens (tertiary/aromatic N) is 3. The van der Waals surface area contributed by atoms with Crippen molar-refractivity contribution in [3.8, 4) is 11.1 Å². The highest BCUT2D eigenvalue weighted by atomic mass is 16.5. The highest BCUT2D eigenvalue weighted by Gasteiger charge is 2.06. The molecule has 0 amide bonds. The number of fused-ring (bicyclic) bond motifs is 1. The number of ether oxygens (including phenoxy) is 1. The molecule has 0 radical (unpaired) electrons. The molecule has 0 N–H and O–H groups in total. The Hall–Kier alpha value is -2.69. The Bertz CT molecular complexity index is 732. The third-order valence-electron chi connectivity index (χ3n) is 2.89. The summed E-state index contributed by atoms with van der Waals surface area (Å²) in [5.74, 6) is -0.339. The minimum Gasteiger partial charge on any atom is -0.465 e. The number of aromatic nitrogens is 3. The van der Waals surface area contributed by atoms with Crippen LogP contribution in [0.1, 0.15) is 10.4 Å². The third-order valence-corrected chi connectivity index (χ3v) is 2.89. The summed E-state index contributed by atoms with van der Waals surface area (Å²) in [5, 5.41) is 4.25. The van der Waals surface area contributed by atoms with Crippen molar-refractivity contribution in [1.29, 1.82) is 0 Å². The van der Waals surface area contributed by atoms with E-state index in [2.05, 4.69) is 14.8 Å². The monoisotopic (exact) mass is 253 g/mol. The fourth-order valence-electron chi connectivity index (χ4n) is 1.88. The lowest BCUT2D eigenvalue weighted by molar-refractivity contribution is 0.0601. The fourth-order valence-corrected chi connectivity index (χ4v) is 1.88. The first-order chi connectivity index (χ1) is 9.28. The normalized spacial score (nSPS) is 10.6. The molecule has 0 unspecified atom stereocenters. The number of carbonyl (C=O) groups is 1. The maximum absolute atomic E-state index is 11.4. The number of hydrogen-bond acceptors (Lipinski definition) is 4. The van der Waals surface area contributed by atoms with Crippen molar-refractivity contribution < 1.29 is 9.53 Å². The van der Waals surface area contributed by atoms with Crippen LogP contribution in [0.15, 0.2) is 48.9 Å². The number of methoxy groups -OCH3 is 1. The van der Waals surface area contributed by atoms with Crippen molar-refractivity contribution in [2.24, 2.45) is 0 Å². The van der Waals surface area contributed by atoms with E-state index >= 15 is 0 Å². The minimum absolute atomic E-state index is 0.339. The average Bonchev–Trinajstić information content (AvgIpc) is 2.94. The molecule has 0 spiro atoms. The summed E-state index contributed by atoms with van der Waals surface area (Å²) in [5.41, 5.74) is 3.25. The molecule has 3 rings (SSSR count). The van der Waals surface area contributed by atoms with E-state index in [4.69, 9.17) is 0 Å². The fraction of sp³-hybridized carbons (Fsp3) is 0.0714. The number of imidazole rings is 1. The van der Waals surface area contributed by atoms with Crippen molar-refractivity contribution in [2.45, 2.75) is 0 Å². The van der Waals surface area contributed by atoms with Gasteiger partial charge in [-0.2, -0.15) is 5.10 Å². The molecular weight excluding hydrogens is 242 g/mol. The van der Waals surface area contributed by atoms with Gasteiger partial charge in [0.1, 0.15) is 0 Å². The van der Waals surface area contributed by atoms with E-state index in [0.717, 1.165) is 16.8 Å². The second kappa shape index (κ2) is 4.53. The van der Waals surface area contributed by atoms with E-state index in [1.54, 1.807) is 35.2 Å². The summed E-state index contributed by atoms with van der Waals surface area (Å²) >= 11 is 0. The number of benzene rings is 1. The topological polar surface area (TPSA) is 56.5 Å². The summed E-state index contributed by atoms with van der Waals surface area (Å²) in [6.07, 6.45) is 5.26. The van der Waals surface area contributed by atoms with Gasteiger partial charge in [0.05, 0.1) is 18.9 Å². The molecule has 0 atom stereocenters. The number of esters is 1. The van der Waals surface area contributed by atoms with Crippen LogP contribution in [0.2, 0.25) is 0 Å². The Morgan fingerprint density at radius 1 is 1.21 bits per heavy atom. The van der Waals surface area contributed by atoms with Gasteiger partial charge in [-0.15, -0.1) is 0 Å². The first-order valence-corrected chi connectivity index (χ1v) is 5.76. The second-order valence-electron chi connectivity index (χ2n) is 4.04. The van der Waals surface area contributed by atoms with Crippen LogP contribution in [0.25, 0.3) is 16.8 Å². The zero-order chi connectivity index (χ0) is 13.2. The largest absolute Gasteiger partial charge is 0.465 e. The van der Waals surface area contributed by atoms with Gasteiger partial charge >= 0.3 is 5.97 Å². The van der Waals surface area contributed by atoms with Crippen molar-refractivity contribution in [2.75, 3.05) is 7.11 Å². The zero-order valence-corrected chi connectivity index (χ0v) is 10.3. The van der Waals surface area contributed by atoms with E-state index in [1.807, 2.05) is 18.2 Å². The molecule has 0 fully saturated rings. The molecule has 0 aliphatic heterocycles. The van der Waals surface area contributed by atoms with Gasteiger partial charge in [-0.25, -0.2) is 14.3 Å².